The first kappa shape index (κ1) is 21.5. The average molecular weight is 389 g/mol. The third-order valence-corrected chi connectivity index (χ3v) is 7.56. The molecular formula is C24H36O4. The van der Waals surface area contributed by atoms with Crippen molar-refractivity contribution in [2.45, 2.75) is 71.0 Å². The van der Waals surface area contributed by atoms with Crippen molar-refractivity contribution >= 4 is 6.29 Å². The third kappa shape index (κ3) is 4.34. The molecular weight excluding hydrogens is 352 g/mol. The summed E-state index contributed by atoms with van der Waals surface area (Å²) < 4.78 is 5.52. The predicted octanol–water partition coefficient (Wildman–Crippen LogP) is 3.98. The lowest BCUT2D eigenvalue weighted by Crippen LogP contribution is -2.37. The molecule has 0 unspecified atom stereocenters. The normalized spacial score (nSPS) is 39.9. The summed E-state index contributed by atoms with van der Waals surface area (Å²) in [5.74, 6) is 1.66. The summed E-state index contributed by atoms with van der Waals surface area (Å²) in [5, 5.41) is 20.1. The predicted molar refractivity (Wildman–Crippen MR) is 111 cm³/mol. The van der Waals surface area contributed by atoms with Crippen LogP contribution in [0.2, 0.25) is 0 Å². The fourth-order valence-corrected chi connectivity index (χ4v) is 6.10. The first-order chi connectivity index (χ1) is 13.4. The van der Waals surface area contributed by atoms with Gasteiger partial charge in [-0.25, -0.2) is 0 Å². The molecule has 3 rings (SSSR count). The Balaban J connectivity index is 1.74. The molecule has 2 N–H and O–H groups in total. The molecule has 0 aromatic carbocycles. The smallest absolute Gasteiger partial charge is 0.145 e. The van der Waals surface area contributed by atoms with Gasteiger partial charge in [-0.15, -0.1) is 0 Å². The van der Waals surface area contributed by atoms with Crippen LogP contribution >= 0.6 is 0 Å². The van der Waals surface area contributed by atoms with Crippen LogP contribution in [0.5, 0.6) is 0 Å². The minimum absolute atomic E-state index is 0.192. The number of rotatable bonds is 6. The first-order valence-corrected chi connectivity index (χ1v) is 10.8. The molecule has 0 saturated heterocycles. The largest absolute Gasteiger partial charge is 0.393 e. The Morgan fingerprint density at radius 1 is 1.32 bits per heavy atom. The van der Waals surface area contributed by atoms with Crippen molar-refractivity contribution in [2.24, 2.45) is 23.2 Å². The van der Waals surface area contributed by atoms with Gasteiger partial charge < -0.3 is 19.7 Å². The lowest BCUT2D eigenvalue weighted by Gasteiger charge is -2.44. The van der Waals surface area contributed by atoms with Crippen LogP contribution in [0.4, 0.5) is 0 Å². The van der Waals surface area contributed by atoms with Gasteiger partial charge in [0.25, 0.3) is 0 Å². The van der Waals surface area contributed by atoms with E-state index in [0.717, 1.165) is 23.9 Å². The number of ether oxygens (including phenoxy) is 1. The van der Waals surface area contributed by atoms with Crippen molar-refractivity contribution in [3.05, 3.63) is 35.5 Å². The summed E-state index contributed by atoms with van der Waals surface area (Å²) in [5.41, 5.74) is 3.53. The zero-order chi connectivity index (χ0) is 20.3. The first-order valence-electron chi connectivity index (χ1n) is 10.8. The molecule has 0 aromatic heterocycles. The van der Waals surface area contributed by atoms with Gasteiger partial charge in [0.1, 0.15) is 12.9 Å². The summed E-state index contributed by atoms with van der Waals surface area (Å²) in [7, 11) is 0. The molecule has 3 fully saturated rings. The minimum atomic E-state index is -0.631. The monoisotopic (exact) mass is 388 g/mol. The van der Waals surface area contributed by atoms with Crippen molar-refractivity contribution in [3.8, 4) is 0 Å². The number of carbonyl (C=O) groups is 1. The maximum absolute atomic E-state index is 10.5. The Hall–Kier alpha value is -1.23. The second-order valence-electron chi connectivity index (χ2n) is 9.35. The molecule has 3 aliphatic rings. The number of hydrogen-bond acceptors (Lipinski definition) is 4. The van der Waals surface area contributed by atoms with Gasteiger partial charge in [0.2, 0.25) is 0 Å². The zero-order valence-electron chi connectivity index (χ0n) is 17.4. The van der Waals surface area contributed by atoms with Gasteiger partial charge >= 0.3 is 0 Å². The van der Waals surface area contributed by atoms with Crippen LogP contribution in [0.15, 0.2) is 35.5 Å². The fourth-order valence-electron chi connectivity index (χ4n) is 6.10. The molecule has 6 atom stereocenters. The van der Waals surface area contributed by atoms with Gasteiger partial charge in [-0.05, 0) is 72.8 Å². The summed E-state index contributed by atoms with van der Waals surface area (Å²) in [6.45, 7) is 9.58. The second kappa shape index (κ2) is 9.06. The molecule has 0 bridgehead atoms. The van der Waals surface area contributed by atoms with Gasteiger partial charge in [0.05, 0.1) is 12.2 Å². The number of aliphatic hydroxyl groups excluding tert-OH is 2. The number of aliphatic hydroxyl groups is 2. The summed E-state index contributed by atoms with van der Waals surface area (Å²) in [4.78, 5) is 10.5. The van der Waals surface area contributed by atoms with Crippen molar-refractivity contribution in [1.82, 2.24) is 0 Å². The molecule has 4 heteroatoms. The molecule has 0 radical (unpaired) electrons. The number of carbonyl (C=O) groups excluding carboxylic acids is 1. The van der Waals surface area contributed by atoms with E-state index in [1.807, 2.05) is 0 Å². The van der Waals surface area contributed by atoms with E-state index >= 15 is 0 Å². The van der Waals surface area contributed by atoms with Gasteiger partial charge in [-0.1, -0.05) is 38.2 Å². The van der Waals surface area contributed by atoms with Crippen LogP contribution in [-0.2, 0) is 9.53 Å². The highest BCUT2D eigenvalue weighted by molar-refractivity contribution is 5.50. The molecule has 156 valence electrons. The molecule has 3 saturated carbocycles. The van der Waals surface area contributed by atoms with Crippen molar-refractivity contribution in [3.63, 3.8) is 0 Å². The van der Waals surface area contributed by atoms with E-state index in [1.165, 1.54) is 31.3 Å². The molecule has 0 amide bonds. The molecule has 0 heterocycles. The van der Waals surface area contributed by atoms with Crippen LogP contribution in [0, 0.1) is 23.2 Å². The standard InChI is InChI=1S/C24H36O4/c1-16(15-28-12-11-25)21-8-9-22-18(5-4-10-24(21,22)3)6-7-19-13-20(26)14-23(27)17(19)2/h6-7,11,16,20-23,26-27H,2,4-5,8-10,12-15H2,1,3H3/b18-6+,19-7-/t16-,20-,21-,22+,23+,24-/m1/s1. The Kier molecular flexibility index (Phi) is 6.95. The van der Waals surface area contributed by atoms with Crippen LogP contribution < -0.4 is 0 Å². The van der Waals surface area contributed by atoms with Gasteiger partial charge in [0.15, 0.2) is 0 Å². The van der Waals surface area contributed by atoms with Gasteiger partial charge in [0, 0.05) is 13.0 Å². The lowest BCUT2D eigenvalue weighted by molar-refractivity contribution is -0.112. The summed E-state index contributed by atoms with van der Waals surface area (Å²) in [6, 6.07) is 0. The minimum Gasteiger partial charge on any atom is -0.393 e. The van der Waals surface area contributed by atoms with Crippen LogP contribution in [-0.4, -0.2) is 41.9 Å². The van der Waals surface area contributed by atoms with Gasteiger partial charge in [-0.2, -0.15) is 0 Å². The van der Waals surface area contributed by atoms with Gasteiger partial charge in [-0.3, -0.25) is 0 Å². The molecule has 0 aromatic rings. The number of fused-ring (bicyclic) bond motifs is 1. The van der Waals surface area contributed by atoms with Crippen molar-refractivity contribution in [2.75, 3.05) is 13.2 Å². The van der Waals surface area contributed by atoms with E-state index in [1.54, 1.807) is 0 Å². The summed E-state index contributed by atoms with van der Waals surface area (Å²) >= 11 is 0. The molecule has 4 nitrogen and oxygen atoms in total. The van der Waals surface area contributed by atoms with Crippen LogP contribution in [0.25, 0.3) is 0 Å². The van der Waals surface area contributed by atoms with Crippen LogP contribution in [0.3, 0.4) is 0 Å². The maximum Gasteiger partial charge on any atom is 0.145 e. The zero-order valence-corrected chi connectivity index (χ0v) is 17.4. The van der Waals surface area contributed by atoms with E-state index < -0.39 is 12.2 Å². The SMILES string of the molecule is C=C1/C(=C\C=C2/CCC[C@]3(C)[C@@H]([C@H](C)COCC=O)CC[C@@H]23)C[C@@H](O)C[C@@H]1O. The molecule has 0 spiro atoms. The number of allylic oxidation sites excluding steroid dienone is 3. The van der Waals surface area contributed by atoms with Crippen molar-refractivity contribution in [1.29, 1.82) is 0 Å². The number of hydrogen-bond donors (Lipinski definition) is 2. The third-order valence-electron chi connectivity index (χ3n) is 7.56. The molecule has 0 aliphatic heterocycles. The Labute approximate surface area is 169 Å². The quantitative estimate of drug-likeness (QED) is 0.533. The lowest BCUT2D eigenvalue weighted by atomic mass is 9.61. The van der Waals surface area contributed by atoms with Crippen LogP contribution in [0.1, 0.15) is 58.8 Å². The number of aldehydes is 1. The average Bonchev–Trinajstić information content (AvgIpc) is 3.01. The summed E-state index contributed by atoms with van der Waals surface area (Å²) in [6.07, 6.45) is 11.0. The van der Waals surface area contributed by atoms with E-state index in [0.29, 0.717) is 37.2 Å². The Morgan fingerprint density at radius 2 is 2.11 bits per heavy atom. The Bertz CT molecular complexity index is 649. The fraction of sp³-hybridized carbons (Fsp3) is 0.708. The highest BCUT2D eigenvalue weighted by atomic mass is 16.5. The molecule has 3 aliphatic carbocycles. The van der Waals surface area contributed by atoms with Crippen molar-refractivity contribution < 1.29 is 19.7 Å². The van der Waals surface area contributed by atoms with E-state index in [9.17, 15) is 15.0 Å². The second-order valence-corrected chi connectivity index (χ2v) is 9.35. The topological polar surface area (TPSA) is 66.8 Å². The maximum atomic E-state index is 10.5. The Morgan fingerprint density at radius 3 is 2.86 bits per heavy atom. The van der Waals surface area contributed by atoms with E-state index in [4.69, 9.17) is 4.74 Å². The van der Waals surface area contributed by atoms with E-state index in [2.05, 4.69) is 32.6 Å². The highest BCUT2D eigenvalue weighted by Crippen LogP contribution is 2.59. The molecule has 28 heavy (non-hydrogen) atoms. The van der Waals surface area contributed by atoms with E-state index in [-0.39, 0.29) is 12.0 Å². The highest BCUT2D eigenvalue weighted by Gasteiger charge is 2.50.